The maximum absolute atomic E-state index is 13.3. The number of halogens is 6. The molecule has 0 bridgehead atoms. The van der Waals surface area contributed by atoms with Gasteiger partial charge in [-0.25, -0.2) is 19.3 Å². The van der Waals surface area contributed by atoms with Crippen LogP contribution in [0.1, 0.15) is 33.9 Å². The van der Waals surface area contributed by atoms with Gasteiger partial charge in [0.05, 0.1) is 11.4 Å². The van der Waals surface area contributed by atoms with Gasteiger partial charge in [-0.05, 0) is 47.5 Å². The lowest BCUT2D eigenvalue weighted by atomic mass is 9.69. The first kappa shape index (κ1) is 27.9. The first-order chi connectivity index (χ1) is 20.6. The molecular weight excluding hydrogens is 570 g/mol. The molecule has 0 unspecified atom stereocenters. The van der Waals surface area contributed by atoms with Gasteiger partial charge in [0.25, 0.3) is 0 Å². The van der Waals surface area contributed by atoms with E-state index >= 15 is 0 Å². The molecule has 43 heavy (non-hydrogen) atoms. The van der Waals surface area contributed by atoms with E-state index in [9.17, 15) is 26.3 Å². The van der Waals surface area contributed by atoms with Crippen molar-refractivity contribution in [2.75, 3.05) is 0 Å². The van der Waals surface area contributed by atoms with E-state index in [1.54, 1.807) is 24.3 Å². The molecule has 0 aliphatic heterocycles. The molecule has 0 aliphatic carbocycles. The minimum Gasteiger partial charge on any atom is -0.232 e. The van der Waals surface area contributed by atoms with Crippen molar-refractivity contribution < 1.29 is 26.3 Å². The molecule has 0 radical (unpaired) electrons. The molecule has 0 N–H and O–H groups in total. The van der Waals surface area contributed by atoms with Crippen LogP contribution in [-0.4, -0.2) is 29.5 Å². The Morgan fingerprint density at radius 3 is 1.16 bits per heavy atom. The molecule has 0 aliphatic rings. The van der Waals surface area contributed by atoms with Gasteiger partial charge in [-0.15, -0.1) is 0 Å². The average molecular weight is 591 g/mol. The highest BCUT2D eigenvalue weighted by Gasteiger charge is 2.42. The summed E-state index contributed by atoms with van der Waals surface area (Å²) >= 11 is 0. The lowest BCUT2D eigenvalue weighted by Crippen LogP contribution is -2.33. The Labute approximate surface area is 240 Å². The van der Waals surface area contributed by atoms with Gasteiger partial charge in [0, 0.05) is 12.4 Å². The summed E-state index contributed by atoms with van der Waals surface area (Å²) in [6.45, 7) is 0. The van der Waals surface area contributed by atoms with Crippen LogP contribution in [0.5, 0.6) is 0 Å². The zero-order valence-electron chi connectivity index (χ0n) is 22.0. The largest absolute Gasteiger partial charge is 0.435 e. The third-order valence-electron chi connectivity index (χ3n) is 6.88. The number of rotatable bonds is 6. The van der Waals surface area contributed by atoms with Crippen LogP contribution in [0.4, 0.5) is 26.3 Å². The van der Waals surface area contributed by atoms with Crippen LogP contribution < -0.4 is 0 Å². The Balaban J connectivity index is 1.61. The van der Waals surface area contributed by atoms with Gasteiger partial charge in [0.15, 0.2) is 23.0 Å². The fraction of sp³-hybridized carbons (Fsp3) is 0.0968. The first-order valence-electron chi connectivity index (χ1n) is 12.9. The van der Waals surface area contributed by atoms with E-state index in [1.165, 1.54) is 24.5 Å². The lowest BCUT2D eigenvalue weighted by molar-refractivity contribution is -0.142. The van der Waals surface area contributed by atoms with Crippen molar-refractivity contribution in [3.8, 4) is 11.6 Å². The minimum absolute atomic E-state index is 0.127. The van der Waals surface area contributed by atoms with Gasteiger partial charge < -0.3 is 0 Å². The molecular formula is C31H20F6N6. The highest BCUT2D eigenvalue weighted by Crippen LogP contribution is 2.44. The van der Waals surface area contributed by atoms with E-state index in [-0.39, 0.29) is 11.6 Å². The van der Waals surface area contributed by atoms with Gasteiger partial charge in [-0.3, -0.25) is 0 Å². The highest BCUT2D eigenvalue weighted by molar-refractivity contribution is 5.57. The number of hydrogen-bond acceptors (Lipinski definition) is 4. The van der Waals surface area contributed by atoms with E-state index in [2.05, 4.69) is 10.2 Å². The van der Waals surface area contributed by atoms with Crippen LogP contribution in [-0.2, 0) is 17.8 Å². The minimum atomic E-state index is -4.64. The molecule has 4 aromatic heterocycles. The molecule has 0 amide bonds. The van der Waals surface area contributed by atoms with E-state index < -0.39 is 29.2 Å². The van der Waals surface area contributed by atoms with Crippen LogP contribution in [0.3, 0.4) is 0 Å². The lowest BCUT2D eigenvalue weighted by Gasteiger charge is -2.35. The predicted octanol–water partition coefficient (Wildman–Crippen LogP) is 7.27. The normalized spacial score (nSPS) is 12.4. The zero-order valence-corrected chi connectivity index (χ0v) is 22.0. The summed E-state index contributed by atoms with van der Waals surface area (Å²) in [4.78, 5) is 9.60. The second kappa shape index (κ2) is 10.5. The number of pyridine rings is 2. The second-order valence-electron chi connectivity index (χ2n) is 9.53. The Morgan fingerprint density at radius 2 is 0.814 bits per heavy atom. The van der Waals surface area contributed by atoms with E-state index in [0.29, 0.717) is 22.5 Å². The molecule has 216 valence electrons. The zero-order chi connectivity index (χ0) is 30.2. The summed E-state index contributed by atoms with van der Waals surface area (Å²) in [5, 5.41) is 7.36. The number of benzene rings is 2. The molecule has 0 atom stereocenters. The quantitative estimate of drug-likeness (QED) is 0.192. The Bertz CT molecular complexity index is 1720. The topological polar surface area (TPSA) is 61.4 Å². The molecule has 4 heterocycles. The second-order valence-corrected chi connectivity index (χ2v) is 9.53. The van der Waals surface area contributed by atoms with Crippen molar-refractivity contribution in [2.45, 2.75) is 17.8 Å². The summed E-state index contributed by atoms with van der Waals surface area (Å²) < 4.78 is 82.0. The van der Waals surface area contributed by atoms with E-state index in [4.69, 9.17) is 9.97 Å². The third-order valence-corrected chi connectivity index (χ3v) is 6.88. The number of nitrogens with zero attached hydrogens (tertiary/aromatic N) is 6. The fourth-order valence-corrected chi connectivity index (χ4v) is 4.99. The summed E-state index contributed by atoms with van der Waals surface area (Å²) in [5.41, 5.74) is -1.17. The number of alkyl halides is 6. The average Bonchev–Trinajstić information content (AvgIpc) is 3.71. The SMILES string of the molecule is FC(F)(F)c1ccn(-c2cccc(C(c3ccccc3)(c3ccccc3)c3cccc(-n4ccc(C(F)(F)F)n4)n3)n2)n1. The molecule has 6 aromatic rings. The van der Waals surface area contributed by atoms with Crippen molar-refractivity contribution >= 4 is 0 Å². The summed E-state index contributed by atoms with van der Waals surface area (Å²) in [6, 6.07) is 30.0. The molecule has 0 saturated carbocycles. The predicted molar refractivity (Wildman–Crippen MR) is 145 cm³/mol. The van der Waals surface area contributed by atoms with Crippen molar-refractivity contribution in [3.05, 3.63) is 155 Å². The van der Waals surface area contributed by atoms with Gasteiger partial charge in [0.2, 0.25) is 0 Å². The van der Waals surface area contributed by atoms with Crippen LogP contribution in [0.25, 0.3) is 11.6 Å². The fourth-order valence-electron chi connectivity index (χ4n) is 4.99. The van der Waals surface area contributed by atoms with Crippen LogP contribution >= 0.6 is 0 Å². The molecule has 6 nitrogen and oxygen atoms in total. The van der Waals surface area contributed by atoms with Gasteiger partial charge in [-0.2, -0.15) is 36.5 Å². The Hall–Kier alpha value is -5.26. The van der Waals surface area contributed by atoms with Crippen LogP contribution in [0, 0.1) is 0 Å². The standard InChI is InChI=1S/C31H20F6N6/c32-30(33,34)25-17-19-42(40-25)27-15-7-13-23(38-27)29(21-9-3-1-4-10-21,22-11-5-2-6-12-22)24-14-8-16-28(39-24)43-20-18-26(41-43)31(35,36)37/h1-20H. The number of hydrogen-bond donors (Lipinski definition) is 0. The Morgan fingerprint density at radius 1 is 0.419 bits per heavy atom. The van der Waals surface area contributed by atoms with Crippen molar-refractivity contribution in [2.24, 2.45) is 0 Å². The third kappa shape index (κ3) is 5.16. The molecule has 12 heteroatoms. The van der Waals surface area contributed by atoms with Gasteiger partial charge in [-0.1, -0.05) is 72.8 Å². The van der Waals surface area contributed by atoms with Crippen LogP contribution in [0.2, 0.25) is 0 Å². The smallest absolute Gasteiger partial charge is 0.232 e. The molecule has 2 aromatic carbocycles. The molecule has 0 fully saturated rings. The maximum Gasteiger partial charge on any atom is 0.435 e. The first-order valence-corrected chi connectivity index (χ1v) is 12.9. The van der Waals surface area contributed by atoms with Crippen molar-refractivity contribution in [1.82, 2.24) is 29.5 Å². The molecule has 0 saturated heterocycles. The summed E-state index contributed by atoms with van der Waals surface area (Å²) in [7, 11) is 0. The summed E-state index contributed by atoms with van der Waals surface area (Å²) in [6.07, 6.45) is -6.92. The Kier molecular flexibility index (Phi) is 6.83. The molecule has 6 rings (SSSR count). The van der Waals surface area contributed by atoms with Crippen molar-refractivity contribution in [1.29, 1.82) is 0 Å². The van der Waals surface area contributed by atoms with E-state index in [0.717, 1.165) is 21.5 Å². The number of aromatic nitrogens is 6. The van der Waals surface area contributed by atoms with Crippen molar-refractivity contribution in [3.63, 3.8) is 0 Å². The highest BCUT2D eigenvalue weighted by atomic mass is 19.4. The van der Waals surface area contributed by atoms with Gasteiger partial charge >= 0.3 is 12.4 Å². The summed E-state index contributed by atoms with van der Waals surface area (Å²) in [5.74, 6) is 0.254. The molecule has 0 spiro atoms. The van der Waals surface area contributed by atoms with Crippen LogP contribution in [0.15, 0.2) is 122 Å². The maximum atomic E-state index is 13.3. The van der Waals surface area contributed by atoms with E-state index in [1.807, 2.05) is 60.7 Å². The van der Waals surface area contributed by atoms with Gasteiger partial charge in [0.1, 0.15) is 5.41 Å². The monoisotopic (exact) mass is 590 g/mol.